The molecular weight excluding hydrogens is 296 g/mol. The number of nitrogens with zero attached hydrogens (tertiary/aromatic N) is 4. The number of halogens is 1. The number of nitriles is 1. The molecule has 0 spiro atoms. The van der Waals surface area contributed by atoms with Crippen molar-refractivity contribution in [1.82, 2.24) is 15.0 Å². The Balaban J connectivity index is 2.01. The van der Waals surface area contributed by atoms with Crippen molar-refractivity contribution in [2.24, 2.45) is 0 Å². The normalized spacial score (nSPS) is 10.7. The monoisotopic (exact) mass is 306 g/mol. The van der Waals surface area contributed by atoms with Crippen molar-refractivity contribution in [3.05, 3.63) is 76.6 Å². The molecule has 0 aliphatic heterocycles. The Kier molecular flexibility index (Phi) is 3.99. The van der Waals surface area contributed by atoms with E-state index in [9.17, 15) is 5.26 Å². The zero-order valence-corrected chi connectivity index (χ0v) is 12.3. The van der Waals surface area contributed by atoms with Crippen molar-refractivity contribution < 1.29 is 0 Å². The summed E-state index contributed by atoms with van der Waals surface area (Å²) in [5.41, 5.74) is 2.76. The quantitative estimate of drug-likeness (QED) is 0.736. The van der Waals surface area contributed by atoms with Gasteiger partial charge in [-0.3, -0.25) is 0 Å². The summed E-state index contributed by atoms with van der Waals surface area (Å²) in [5, 5.41) is 17.9. The lowest BCUT2D eigenvalue weighted by atomic mass is 10.2. The van der Waals surface area contributed by atoms with E-state index in [1.165, 1.54) is 0 Å². The third kappa shape index (κ3) is 2.90. The van der Waals surface area contributed by atoms with Crippen LogP contribution in [0.4, 0.5) is 0 Å². The average molecular weight is 307 g/mol. The first-order valence-electron chi connectivity index (χ1n) is 6.63. The lowest BCUT2D eigenvalue weighted by molar-refractivity contribution is 0.797. The molecule has 0 bridgehead atoms. The highest BCUT2D eigenvalue weighted by molar-refractivity contribution is 6.30. The summed E-state index contributed by atoms with van der Waals surface area (Å²) in [5.74, 6) is 0. The third-order valence-corrected chi connectivity index (χ3v) is 3.37. The number of para-hydroxylation sites is 1. The van der Waals surface area contributed by atoms with E-state index in [2.05, 4.69) is 16.4 Å². The Morgan fingerprint density at radius 2 is 1.73 bits per heavy atom. The Morgan fingerprint density at radius 1 is 1.00 bits per heavy atom. The van der Waals surface area contributed by atoms with E-state index in [1.54, 1.807) is 4.68 Å². The maximum atomic E-state index is 9.20. The molecule has 0 amide bonds. The van der Waals surface area contributed by atoms with Crippen LogP contribution in [0.15, 0.2) is 54.6 Å². The van der Waals surface area contributed by atoms with E-state index in [0.717, 1.165) is 11.3 Å². The molecule has 0 saturated carbocycles. The molecule has 3 aromatic rings. The molecule has 22 heavy (non-hydrogen) atoms. The van der Waals surface area contributed by atoms with Crippen molar-refractivity contribution in [3.63, 3.8) is 0 Å². The van der Waals surface area contributed by atoms with E-state index in [-0.39, 0.29) is 5.69 Å². The van der Waals surface area contributed by atoms with Crippen molar-refractivity contribution in [3.8, 4) is 11.8 Å². The van der Waals surface area contributed by atoms with Gasteiger partial charge < -0.3 is 0 Å². The summed E-state index contributed by atoms with van der Waals surface area (Å²) < 4.78 is 1.64. The smallest absolute Gasteiger partial charge is 0.190 e. The summed E-state index contributed by atoms with van der Waals surface area (Å²) in [6, 6.07) is 19.1. The molecule has 1 heterocycles. The number of rotatable bonds is 3. The fourth-order valence-electron chi connectivity index (χ4n) is 2.03. The van der Waals surface area contributed by atoms with Gasteiger partial charge >= 0.3 is 0 Å². The Morgan fingerprint density at radius 3 is 2.41 bits per heavy atom. The largest absolute Gasteiger partial charge is 0.212 e. The van der Waals surface area contributed by atoms with E-state index in [1.807, 2.05) is 66.7 Å². The second-order valence-electron chi connectivity index (χ2n) is 4.57. The molecule has 4 nitrogen and oxygen atoms in total. The average Bonchev–Trinajstić information content (AvgIpc) is 2.98. The number of hydrogen-bond acceptors (Lipinski definition) is 3. The van der Waals surface area contributed by atoms with Gasteiger partial charge in [-0.2, -0.15) is 5.26 Å². The van der Waals surface area contributed by atoms with Gasteiger partial charge in [-0.1, -0.05) is 53.2 Å². The first-order valence-corrected chi connectivity index (χ1v) is 7.00. The molecule has 2 aromatic carbocycles. The van der Waals surface area contributed by atoms with Crippen LogP contribution in [-0.2, 0) is 0 Å². The van der Waals surface area contributed by atoms with Gasteiger partial charge in [0, 0.05) is 5.02 Å². The molecule has 0 N–H and O–H groups in total. The summed E-state index contributed by atoms with van der Waals surface area (Å²) in [4.78, 5) is 0. The van der Waals surface area contributed by atoms with E-state index in [0.29, 0.717) is 10.7 Å². The number of aromatic nitrogens is 3. The first-order chi connectivity index (χ1) is 10.8. The Labute approximate surface area is 132 Å². The summed E-state index contributed by atoms with van der Waals surface area (Å²) in [6.45, 7) is 0. The van der Waals surface area contributed by atoms with Crippen LogP contribution in [0.3, 0.4) is 0 Å². The van der Waals surface area contributed by atoms with Gasteiger partial charge in [-0.05, 0) is 35.9 Å². The summed E-state index contributed by atoms with van der Waals surface area (Å²) in [6.07, 6.45) is 3.73. The van der Waals surface area contributed by atoms with Gasteiger partial charge in [-0.15, -0.1) is 5.10 Å². The molecule has 0 atom stereocenters. The molecule has 0 radical (unpaired) electrons. The van der Waals surface area contributed by atoms with Gasteiger partial charge in [-0.25, -0.2) is 4.68 Å². The van der Waals surface area contributed by atoms with Crippen molar-refractivity contribution in [2.45, 2.75) is 0 Å². The third-order valence-electron chi connectivity index (χ3n) is 3.12. The zero-order chi connectivity index (χ0) is 15.4. The fraction of sp³-hybridized carbons (Fsp3) is 0. The van der Waals surface area contributed by atoms with Crippen LogP contribution in [0.5, 0.6) is 0 Å². The minimum Gasteiger partial charge on any atom is -0.212 e. The molecular formula is C17H11ClN4. The predicted molar refractivity (Wildman–Crippen MR) is 86.5 cm³/mol. The molecule has 0 aliphatic carbocycles. The van der Waals surface area contributed by atoms with Gasteiger partial charge in [0.1, 0.15) is 11.8 Å². The van der Waals surface area contributed by atoms with Crippen LogP contribution in [0, 0.1) is 11.3 Å². The minimum absolute atomic E-state index is 0.286. The lowest BCUT2D eigenvalue weighted by Gasteiger charge is -2.02. The molecule has 0 saturated heterocycles. The predicted octanol–water partition coefficient (Wildman–Crippen LogP) is 3.96. The minimum atomic E-state index is 0.286. The van der Waals surface area contributed by atoms with Crippen LogP contribution in [0.1, 0.15) is 17.0 Å². The molecule has 0 aliphatic rings. The molecule has 3 rings (SSSR count). The van der Waals surface area contributed by atoms with Crippen LogP contribution in [0.2, 0.25) is 5.02 Å². The SMILES string of the molecule is N#Cc1nnn(-c2ccccc2)c1/C=C/c1ccc(Cl)cc1. The topological polar surface area (TPSA) is 54.5 Å². The van der Waals surface area contributed by atoms with Gasteiger partial charge in [0.2, 0.25) is 0 Å². The van der Waals surface area contributed by atoms with E-state index >= 15 is 0 Å². The number of hydrogen-bond donors (Lipinski definition) is 0. The van der Waals surface area contributed by atoms with Crippen LogP contribution in [-0.4, -0.2) is 15.0 Å². The standard InChI is InChI=1S/C17H11ClN4/c18-14-9-6-13(7-10-14)8-11-17-16(12-19)20-21-22(17)15-4-2-1-3-5-15/h1-11H/b11-8+. The molecule has 0 fully saturated rings. The van der Waals surface area contributed by atoms with E-state index in [4.69, 9.17) is 11.6 Å². The first kappa shape index (κ1) is 14.1. The van der Waals surface area contributed by atoms with Gasteiger partial charge in [0.25, 0.3) is 0 Å². The highest BCUT2D eigenvalue weighted by atomic mass is 35.5. The van der Waals surface area contributed by atoms with Gasteiger partial charge in [0.15, 0.2) is 5.69 Å². The van der Waals surface area contributed by atoms with Crippen LogP contribution in [0.25, 0.3) is 17.8 Å². The Hall–Kier alpha value is -2.90. The lowest BCUT2D eigenvalue weighted by Crippen LogP contribution is -1.98. The molecule has 106 valence electrons. The van der Waals surface area contributed by atoms with Crippen molar-refractivity contribution in [1.29, 1.82) is 5.26 Å². The second-order valence-corrected chi connectivity index (χ2v) is 5.00. The van der Waals surface area contributed by atoms with Gasteiger partial charge in [0.05, 0.1) is 5.69 Å². The maximum absolute atomic E-state index is 9.20. The molecule has 0 unspecified atom stereocenters. The van der Waals surface area contributed by atoms with Crippen LogP contribution >= 0.6 is 11.6 Å². The van der Waals surface area contributed by atoms with Crippen molar-refractivity contribution >= 4 is 23.8 Å². The second kappa shape index (κ2) is 6.25. The van der Waals surface area contributed by atoms with Crippen LogP contribution < -0.4 is 0 Å². The highest BCUT2D eigenvalue weighted by Crippen LogP contribution is 2.16. The summed E-state index contributed by atoms with van der Waals surface area (Å²) >= 11 is 5.87. The van der Waals surface area contributed by atoms with E-state index < -0.39 is 0 Å². The molecule has 5 heteroatoms. The highest BCUT2D eigenvalue weighted by Gasteiger charge is 2.10. The number of benzene rings is 2. The van der Waals surface area contributed by atoms with Crippen molar-refractivity contribution in [2.75, 3.05) is 0 Å². The zero-order valence-electron chi connectivity index (χ0n) is 11.5. The maximum Gasteiger partial charge on any atom is 0.190 e. The summed E-state index contributed by atoms with van der Waals surface area (Å²) in [7, 11) is 0. The Bertz CT molecular complexity index is 843. The molecule has 1 aromatic heterocycles. The fourth-order valence-corrected chi connectivity index (χ4v) is 2.15.